The molecule has 1 aliphatic rings. The number of aromatic nitrogens is 3. The predicted molar refractivity (Wildman–Crippen MR) is 101 cm³/mol. The summed E-state index contributed by atoms with van der Waals surface area (Å²) in [6, 6.07) is 1.84. The van der Waals surface area contributed by atoms with Crippen LogP contribution < -0.4 is 0 Å². The molecule has 0 radical (unpaired) electrons. The molecule has 2 aromatic heterocycles. The molecular formula is C16H20ClIN4O2. The number of likely N-dealkylation sites (tertiary alicyclic amines) is 1. The van der Waals surface area contributed by atoms with Crippen molar-refractivity contribution in [2.24, 2.45) is 0 Å². The van der Waals surface area contributed by atoms with Crippen LogP contribution in [0.3, 0.4) is 0 Å². The first-order chi connectivity index (χ1) is 11.3. The average molecular weight is 463 g/mol. The maximum absolute atomic E-state index is 12.3. The summed E-state index contributed by atoms with van der Waals surface area (Å²) in [4.78, 5) is 18.5. The lowest BCUT2D eigenvalue weighted by atomic mass is 10.1. The Kier molecular flexibility index (Phi) is 4.92. The molecule has 0 N–H and O–H groups in total. The zero-order valence-corrected chi connectivity index (χ0v) is 16.8. The number of carbonyl (C=O) groups is 1. The largest absolute Gasteiger partial charge is 0.444 e. The summed E-state index contributed by atoms with van der Waals surface area (Å²) in [7, 11) is 0. The molecule has 3 rings (SSSR count). The molecule has 1 amide bonds. The Hall–Kier alpha value is -1.09. The van der Waals surface area contributed by atoms with Crippen molar-refractivity contribution in [3.05, 3.63) is 21.0 Å². The van der Waals surface area contributed by atoms with E-state index < -0.39 is 5.60 Å². The normalized spacial score (nSPS) is 18.9. The van der Waals surface area contributed by atoms with E-state index in [0.29, 0.717) is 18.1 Å². The number of halogens is 2. The molecule has 8 heteroatoms. The van der Waals surface area contributed by atoms with Gasteiger partial charge in [0.1, 0.15) is 9.30 Å². The van der Waals surface area contributed by atoms with Crippen molar-refractivity contribution >= 4 is 51.3 Å². The summed E-state index contributed by atoms with van der Waals surface area (Å²) < 4.78 is 8.22. The molecule has 130 valence electrons. The first-order valence-electron chi connectivity index (χ1n) is 7.92. The van der Waals surface area contributed by atoms with Crippen LogP contribution in [0.15, 0.2) is 12.3 Å². The molecule has 1 fully saturated rings. The lowest BCUT2D eigenvalue weighted by Crippen LogP contribution is -2.43. The molecular weight excluding hydrogens is 443 g/mol. The Labute approximate surface area is 159 Å². The van der Waals surface area contributed by atoms with Crippen molar-refractivity contribution in [2.75, 3.05) is 13.1 Å². The fraction of sp³-hybridized carbons (Fsp3) is 0.562. The van der Waals surface area contributed by atoms with Gasteiger partial charge in [0.2, 0.25) is 0 Å². The van der Waals surface area contributed by atoms with Gasteiger partial charge in [0.05, 0.1) is 16.5 Å². The highest BCUT2D eigenvalue weighted by Crippen LogP contribution is 2.31. The molecule has 3 heterocycles. The van der Waals surface area contributed by atoms with Crippen molar-refractivity contribution in [1.82, 2.24) is 19.7 Å². The molecule has 1 atom stereocenters. The van der Waals surface area contributed by atoms with Crippen LogP contribution in [0.1, 0.15) is 39.7 Å². The van der Waals surface area contributed by atoms with E-state index in [1.54, 1.807) is 17.2 Å². The summed E-state index contributed by atoms with van der Waals surface area (Å²) in [6.07, 6.45) is 3.26. The lowest BCUT2D eigenvalue weighted by molar-refractivity contribution is 0.0169. The van der Waals surface area contributed by atoms with Gasteiger partial charge >= 0.3 is 6.09 Å². The molecule has 1 aliphatic heterocycles. The summed E-state index contributed by atoms with van der Waals surface area (Å²) in [5.74, 6) is 0. The number of hydrogen-bond donors (Lipinski definition) is 0. The molecule has 24 heavy (non-hydrogen) atoms. The van der Waals surface area contributed by atoms with Gasteiger partial charge in [-0.25, -0.2) is 14.5 Å². The molecule has 0 unspecified atom stereocenters. The van der Waals surface area contributed by atoms with Gasteiger partial charge in [-0.3, -0.25) is 0 Å². The SMILES string of the molecule is CC(C)(C)OC(=O)N1CCC[C@@H](n2nc(I)c3c(Cl)ccnc32)C1. The van der Waals surface area contributed by atoms with Crippen LogP contribution in [0.25, 0.3) is 11.0 Å². The van der Waals surface area contributed by atoms with Crippen molar-refractivity contribution in [2.45, 2.75) is 45.3 Å². The van der Waals surface area contributed by atoms with Crippen molar-refractivity contribution in [3.8, 4) is 0 Å². The van der Waals surface area contributed by atoms with Crippen LogP contribution in [0, 0.1) is 3.70 Å². The number of carbonyl (C=O) groups excluding carboxylic acids is 1. The number of fused-ring (bicyclic) bond motifs is 1. The smallest absolute Gasteiger partial charge is 0.410 e. The minimum Gasteiger partial charge on any atom is -0.444 e. The second-order valence-corrected chi connectivity index (χ2v) is 8.38. The van der Waals surface area contributed by atoms with E-state index in [0.717, 1.165) is 27.6 Å². The molecule has 0 bridgehead atoms. The molecule has 1 saturated heterocycles. The van der Waals surface area contributed by atoms with Gasteiger partial charge in [-0.2, -0.15) is 5.10 Å². The highest BCUT2D eigenvalue weighted by atomic mass is 127. The Balaban J connectivity index is 1.86. The van der Waals surface area contributed by atoms with E-state index in [1.165, 1.54) is 0 Å². The zero-order valence-electron chi connectivity index (χ0n) is 13.9. The molecule has 0 aliphatic carbocycles. The Bertz CT molecular complexity index is 771. The van der Waals surface area contributed by atoms with Gasteiger partial charge < -0.3 is 9.64 Å². The van der Waals surface area contributed by atoms with Crippen LogP contribution >= 0.6 is 34.2 Å². The van der Waals surface area contributed by atoms with Gasteiger partial charge in [0.25, 0.3) is 0 Å². The van der Waals surface area contributed by atoms with Gasteiger partial charge in [-0.15, -0.1) is 0 Å². The molecule has 0 spiro atoms. The predicted octanol–water partition coefficient (Wildman–Crippen LogP) is 4.26. The number of nitrogens with zero attached hydrogens (tertiary/aromatic N) is 4. The molecule has 0 saturated carbocycles. The number of piperidine rings is 1. The molecule has 2 aromatic rings. The second kappa shape index (κ2) is 6.67. The fourth-order valence-corrected chi connectivity index (χ4v) is 4.04. The number of ether oxygens (including phenoxy) is 1. The van der Waals surface area contributed by atoms with Gasteiger partial charge in [0, 0.05) is 19.3 Å². The van der Waals surface area contributed by atoms with Gasteiger partial charge in [0.15, 0.2) is 5.65 Å². The standard InChI is InChI=1S/C16H20ClIN4O2/c1-16(2,3)24-15(23)21-8-4-5-10(9-21)22-14-12(13(18)20-22)11(17)6-7-19-14/h6-7,10H,4-5,8-9H2,1-3H3/t10-/m1/s1. The molecule has 6 nitrogen and oxygen atoms in total. The maximum atomic E-state index is 12.3. The van der Waals surface area contributed by atoms with E-state index in [2.05, 4.69) is 32.7 Å². The highest BCUT2D eigenvalue weighted by molar-refractivity contribution is 14.1. The minimum absolute atomic E-state index is 0.0725. The van der Waals surface area contributed by atoms with E-state index in [1.807, 2.05) is 25.5 Å². The third-order valence-corrected chi connectivity index (χ3v) is 4.96. The second-order valence-electron chi connectivity index (χ2n) is 6.95. The van der Waals surface area contributed by atoms with Crippen LogP contribution in [0.2, 0.25) is 5.02 Å². The Morgan fingerprint density at radius 1 is 1.46 bits per heavy atom. The summed E-state index contributed by atoms with van der Waals surface area (Å²) in [5, 5.41) is 6.14. The van der Waals surface area contributed by atoms with Crippen molar-refractivity contribution in [1.29, 1.82) is 0 Å². The zero-order chi connectivity index (χ0) is 17.5. The first-order valence-corrected chi connectivity index (χ1v) is 9.38. The summed E-state index contributed by atoms with van der Waals surface area (Å²) in [6.45, 7) is 6.90. The quantitative estimate of drug-likeness (QED) is 0.594. The fourth-order valence-electron chi connectivity index (χ4n) is 2.89. The average Bonchev–Trinajstić information content (AvgIpc) is 2.84. The van der Waals surface area contributed by atoms with Crippen molar-refractivity contribution < 1.29 is 9.53 Å². The minimum atomic E-state index is -0.493. The monoisotopic (exact) mass is 462 g/mol. The van der Waals surface area contributed by atoms with E-state index >= 15 is 0 Å². The van der Waals surface area contributed by atoms with Gasteiger partial charge in [-0.05, 0) is 62.3 Å². The van der Waals surface area contributed by atoms with Crippen LogP contribution in [0.5, 0.6) is 0 Å². The van der Waals surface area contributed by atoms with E-state index in [4.69, 9.17) is 16.3 Å². The highest BCUT2D eigenvalue weighted by Gasteiger charge is 2.30. The van der Waals surface area contributed by atoms with Gasteiger partial charge in [-0.1, -0.05) is 11.6 Å². The number of pyridine rings is 1. The maximum Gasteiger partial charge on any atom is 0.410 e. The third kappa shape index (κ3) is 3.61. The lowest BCUT2D eigenvalue weighted by Gasteiger charge is -2.34. The van der Waals surface area contributed by atoms with Crippen molar-refractivity contribution in [3.63, 3.8) is 0 Å². The summed E-state index contributed by atoms with van der Waals surface area (Å²) >= 11 is 8.46. The van der Waals surface area contributed by atoms with Crippen LogP contribution in [-0.2, 0) is 4.74 Å². The van der Waals surface area contributed by atoms with Crippen LogP contribution in [0.4, 0.5) is 4.79 Å². The van der Waals surface area contributed by atoms with E-state index in [9.17, 15) is 4.79 Å². The molecule has 0 aromatic carbocycles. The number of rotatable bonds is 1. The Morgan fingerprint density at radius 2 is 2.21 bits per heavy atom. The number of hydrogen-bond acceptors (Lipinski definition) is 4. The third-order valence-electron chi connectivity index (χ3n) is 3.89. The Morgan fingerprint density at radius 3 is 2.92 bits per heavy atom. The van der Waals surface area contributed by atoms with E-state index in [-0.39, 0.29) is 12.1 Å². The topological polar surface area (TPSA) is 60.2 Å². The number of amides is 1. The summed E-state index contributed by atoms with van der Waals surface area (Å²) in [5.41, 5.74) is 0.273. The first kappa shape index (κ1) is 17.7. The van der Waals surface area contributed by atoms with Crippen LogP contribution in [-0.4, -0.2) is 44.4 Å².